The van der Waals surface area contributed by atoms with Gasteiger partial charge in [0, 0.05) is 12.1 Å². The van der Waals surface area contributed by atoms with Crippen molar-refractivity contribution in [1.82, 2.24) is 5.32 Å². The monoisotopic (exact) mass is 255 g/mol. The number of rotatable bonds is 4. The number of amides is 1. The summed E-state index contributed by atoms with van der Waals surface area (Å²) in [4.78, 5) is 11.9. The fraction of sp³-hybridized carbons (Fsp3) is 0.188. The fourth-order valence-electron chi connectivity index (χ4n) is 1.86. The van der Waals surface area contributed by atoms with Crippen molar-refractivity contribution >= 4 is 5.91 Å². The molecule has 1 atom stereocenters. The standard InChI is InChI=1S/C16H17NO2/c1-12(13-5-3-2-4-6-13)11-17-16(19)14-7-9-15(18)10-8-14/h2-10,12,18H,11H2,1H3,(H,17,19). The molecule has 0 radical (unpaired) electrons. The first-order valence-corrected chi connectivity index (χ1v) is 6.29. The van der Waals surface area contributed by atoms with E-state index >= 15 is 0 Å². The zero-order valence-corrected chi connectivity index (χ0v) is 10.8. The van der Waals surface area contributed by atoms with E-state index in [2.05, 4.69) is 24.4 Å². The second-order valence-electron chi connectivity index (χ2n) is 4.57. The van der Waals surface area contributed by atoms with Crippen LogP contribution in [0.15, 0.2) is 54.6 Å². The number of phenols is 1. The highest BCUT2D eigenvalue weighted by Crippen LogP contribution is 2.14. The zero-order valence-electron chi connectivity index (χ0n) is 10.8. The van der Waals surface area contributed by atoms with Gasteiger partial charge in [-0.1, -0.05) is 37.3 Å². The molecule has 2 rings (SSSR count). The zero-order chi connectivity index (χ0) is 13.7. The molecule has 0 aliphatic rings. The third kappa shape index (κ3) is 3.58. The minimum absolute atomic E-state index is 0.122. The quantitative estimate of drug-likeness (QED) is 0.882. The molecule has 0 aliphatic carbocycles. The van der Waals surface area contributed by atoms with E-state index in [4.69, 9.17) is 0 Å². The first kappa shape index (κ1) is 13.1. The summed E-state index contributed by atoms with van der Waals surface area (Å²) in [5.74, 6) is 0.305. The van der Waals surface area contributed by atoms with E-state index < -0.39 is 0 Å². The van der Waals surface area contributed by atoms with Crippen LogP contribution in [-0.2, 0) is 0 Å². The van der Waals surface area contributed by atoms with E-state index in [0.717, 1.165) is 0 Å². The number of aromatic hydroxyl groups is 1. The van der Waals surface area contributed by atoms with Crippen LogP contribution in [0.4, 0.5) is 0 Å². The summed E-state index contributed by atoms with van der Waals surface area (Å²) < 4.78 is 0. The minimum Gasteiger partial charge on any atom is -0.508 e. The maximum Gasteiger partial charge on any atom is 0.251 e. The van der Waals surface area contributed by atoms with Crippen LogP contribution < -0.4 is 5.32 Å². The van der Waals surface area contributed by atoms with Crippen molar-refractivity contribution in [1.29, 1.82) is 0 Å². The van der Waals surface area contributed by atoms with Crippen LogP contribution in [0.1, 0.15) is 28.8 Å². The largest absolute Gasteiger partial charge is 0.508 e. The molecule has 0 aromatic heterocycles. The van der Waals surface area contributed by atoms with Gasteiger partial charge in [-0.25, -0.2) is 0 Å². The molecular weight excluding hydrogens is 238 g/mol. The fourth-order valence-corrected chi connectivity index (χ4v) is 1.86. The second kappa shape index (κ2) is 6.05. The molecular formula is C16H17NO2. The van der Waals surface area contributed by atoms with E-state index in [0.29, 0.717) is 12.1 Å². The van der Waals surface area contributed by atoms with E-state index in [1.54, 1.807) is 12.1 Å². The predicted octanol–water partition coefficient (Wildman–Crippen LogP) is 2.93. The molecule has 0 spiro atoms. The summed E-state index contributed by atoms with van der Waals surface area (Å²) in [5, 5.41) is 12.1. The number of hydrogen-bond acceptors (Lipinski definition) is 2. The van der Waals surface area contributed by atoms with E-state index in [-0.39, 0.29) is 17.6 Å². The van der Waals surface area contributed by atoms with Crippen molar-refractivity contribution in [3.63, 3.8) is 0 Å². The highest BCUT2D eigenvalue weighted by Gasteiger charge is 2.09. The lowest BCUT2D eigenvalue weighted by atomic mass is 10.0. The second-order valence-corrected chi connectivity index (χ2v) is 4.57. The number of carbonyl (C=O) groups excluding carboxylic acids is 1. The normalized spacial score (nSPS) is 11.8. The van der Waals surface area contributed by atoms with Crippen molar-refractivity contribution in [3.8, 4) is 5.75 Å². The Balaban J connectivity index is 1.92. The van der Waals surface area contributed by atoms with Crippen molar-refractivity contribution < 1.29 is 9.90 Å². The summed E-state index contributed by atoms with van der Waals surface area (Å²) in [6.07, 6.45) is 0. The molecule has 98 valence electrons. The number of benzene rings is 2. The molecule has 2 N–H and O–H groups in total. The average molecular weight is 255 g/mol. The third-order valence-electron chi connectivity index (χ3n) is 3.07. The summed E-state index contributed by atoms with van der Waals surface area (Å²) in [6, 6.07) is 16.3. The Hall–Kier alpha value is -2.29. The van der Waals surface area contributed by atoms with Crippen molar-refractivity contribution in [3.05, 3.63) is 65.7 Å². The third-order valence-corrected chi connectivity index (χ3v) is 3.07. The topological polar surface area (TPSA) is 49.3 Å². The van der Waals surface area contributed by atoms with Gasteiger partial charge in [0.15, 0.2) is 0 Å². The number of nitrogens with one attached hydrogen (secondary N) is 1. The smallest absolute Gasteiger partial charge is 0.251 e. The summed E-state index contributed by atoms with van der Waals surface area (Å²) >= 11 is 0. The molecule has 19 heavy (non-hydrogen) atoms. The Morgan fingerprint density at radius 1 is 1.11 bits per heavy atom. The lowest BCUT2D eigenvalue weighted by Crippen LogP contribution is -2.27. The van der Waals surface area contributed by atoms with Gasteiger partial charge in [0.1, 0.15) is 5.75 Å². The Bertz CT molecular complexity index is 534. The molecule has 2 aromatic rings. The number of carbonyl (C=O) groups is 1. The van der Waals surface area contributed by atoms with Crippen LogP contribution in [-0.4, -0.2) is 17.6 Å². The summed E-state index contributed by atoms with van der Waals surface area (Å²) in [6.45, 7) is 2.66. The molecule has 0 bridgehead atoms. The van der Waals surface area contributed by atoms with Gasteiger partial charge in [0.2, 0.25) is 0 Å². The summed E-state index contributed by atoms with van der Waals surface area (Å²) in [7, 11) is 0. The van der Waals surface area contributed by atoms with Gasteiger partial charge < -0.3 is 10.4 Å². The van der Waals surface area contributed by atoms with Gasteiger partial charge in [-0.15, -0.1) is 0 Å². The maximum absolute atomic E-state index is 11.9. The molecule has 2 aromatic carbocycles. The van der Waals surface area contributed by atoms with Crippen LogP contribution in [0.5, 0.6) is 5.75 Å². The Morgan fingerprint density at radius 2 is 1.74 bits per heavy atom. The van der Waals surface area contributed by atoms with Gasteiger partial charge in [0.05, 0.1) is 0 Å². The molecule has 3 nitrogen and oxygen atoms in total. The van der Waals surface area contributed by atoms with Crippen LogP contribution in [0.3, 0.4) is 0 Å². The number of hydrogen-bond donors (Lipinski definition) is 2. The number of phenolic OH excluding ortho intramolecular Hbond substituents is 1. The summed E-state index contributed by atoms with van der Waals surface area (Å²) in [5.41, 5.74) is 1.76. The average Bonchev–Trinajstić information content (AvgIpc) is 2.46. The van der Waals surface area contributed by atoms with Crippen molar-refractivity contribution in [2.45, 2.75) is 12.8 Å². The molecule has 1 amide bonds. The lowest BCUT2D eigenvalue weighted by Gasteiger charge is -2.13. The first-order valence-electron chi connectivity index (χ1n) is 6.29. The predicted molar refractivity (Wildman–Crippen MR) is 75.3 cm³/mol. The first-order chi connectivity index (χ1) is 9.16. The van der Waals surface area contributed by atoms with Gasteiger partial charge in [0.25, 0.3) is 5.91 Å². The SMILES string of the molecule is CC(CNC(=O)c1ccc(O)cc1)c1ccccc1. The van der Waals surface area contributed by atoms with Crippen molar-refractivity contribution in [2.75, 3.05) is 6.54 Å². The molecule has 0 fully saturated rings. The van der Waals surface area contributed by atoms with Gasteiger partial charge in [-0.2, -0.15) is 0 Å². The van der Waals surface area contributed by atoms with Gasteiger partial charge in [-0.3, -0.25) is 4.79 Å². The molecule has 3 heteroatoms. The molecule has 0 heterocycles. The lowest BCUT2D eigenvalue weighted by molar-refractivity contribution is 0.0951. The Labute approximate surface area is 112 Å². The molecule has 0 aliphatic heterocycles. The highest BCUT2D eigenvalue weighted by atomic mass is 16.3. The van der Waals surface area contributed by atoms with E-state index in [1.165, 1.54) is 17.7 Å². The van der Waals surface area contributed by atoms with E-state index in [9.17, 15) is 9.90 Å². The molecule has 0 saturated carbocycles. The Morgan fingerprint density at radius 3 is 2.37 bits per heavy atom. The Kier molecular flexibility index (Phi) is 4.18. The van der Waals surface area contributed by atoms with Crippen LogP contribution in [0.25, 0.3) is 0 Å². The highest BCUT2D eigenvalue weighted by molar-refractivity contribution is 5.94. The van der Waals surface area contributed by atoms with Crippen LogP contribution in [0.2, 0.25) is 0 Å². The van der Waals surface area contributed by atoms with E-state index in [1.807, 2.05) is 18.2 Å². The molecule has 1 unspecified atom stereocenters. The minimum atomic E-state index is -0.122. The molecule has 0 saturated heterocycles. The van der Waals surface area contributed by atoms with Gasteiger partial charge >= 0.3 is 0 Å². The van der Waals surface area contributed by atoms with Gasteiger partial charge in [-0.05, 0) is 35.7 Å². The van der Waals surface area contributed by atoms with Crippen LogP contribution in [0, 0.1) is 0 Å². The van der Waals surface area contributed by atoms with Crippen molar-refractivity contribution in [2.24, 2.45) is 0 Å². The van der Waals surface area contributed by atoms with Crippen LogP contribution >= 0.6 is 0 Å². The maximum atomic E-state index is 11.9.